The molecular formula is C33H48O9. The number of aliphatic hydroxyl groups excluding tert-OH is 2. The molecule has 42 heavy (non-hydrogen) atoms. The second-order valence-electron chi connectivity index (χ2n) is 14.2. The summed E-state index contributed by atoms with van der Waals surface area (Å²) in [4.78, 5) is 51.9. The second-order valence-corrected chi connectivity index (χ2v) is 14.2. The van der Waals surface area contributed by atoms with Crippen molar-refractivity contribution >= 4 is 23.7 Å². The van der Waals surface area contributed by atoms with Gasteiger partial charge in [-0.3, -0.25) is 14.4 Å². The Morgan fingerprint density at radius 1 is 1.02 bits per heavy atom. The largest absolute Gasteiger partial charge is 0.478 e. The van der Waals surface area contributed by atoms with Crippen LogP contribution >= 0.6 is 0 Å². The number of hydrogen-bond donors (Lipinski definition) is 3. The zero-order valence-electron chi connectivity index (χ0n) is 26.2. The van der Waals surface area contributed by atoms with Crippen molar-refractivity contribution in [3.63, 3.8) is 0 Å². The summed E-state index contributed by atoms with van der Waals surface area (Å²) < 4.78 is 11.7. The van der Waals surface area contributed by atoms with Crippen LogP contribution in [0.4, 0.5) is 0 Å². The molecule has 234 valence electrons. The lowest BCUT2D eigenvalue weighted by Gasteiger charge is -2.69. The van der Waals surface area contributed by atoms with Crippen LogP contribution in [0.1, 0.15) is 93.9 Å². The van der Waals surface area contributed by atoms with Gasteiger partial charge in [-0.1, -0.05) is 39.3 Å². The van der Waals surface area contributed by atoms with Crippen LogP contribution in [0, 0.1) is 39.9 Å². The maximum absolute atomic E-state index is 14.4. The molecule has 4 aliphatic rings. The van der Waals surface area contributed by atoms with Gasteiger partial charge in [0.15, 0.2) is 0 Å². The Morgan fingerprint density at radius 2 is 1.64 bits per heavy atom. The number of carbonyl (C=O) groups excluding carboxylic acids is 3. The average Bonchev–Trinajstić information content (AvgIpc) is 3.13. The maximum atomic E-state index is 14.4. The summed E-state index contributed by atoms with van der Waals surface area (Å²) in [5, 5.41) is 33.5. The highest BCUT2D eigenvalue weighted by Crippen LogP contribution is 2.74. The second kappa shape index (κ2) is 11.2. The number of hydrogen-bond acceptors (Lipinski definition) is 8. The quantitative estimate of drug-likeness (QED) is 0.233. The van der Waals surface area contributed by atoms with Gasteiger partial charge >= 0.3 is 17.9 Å². The third-order valence-electron chi connectivity index (χ3n) is 11.7. The number of ketones is 1. The molecule has 4 saturated carbocycles. The van der Waals surface area contributed by atoms with E-state index in [1.165, 1.54) is 13.8 Å². The molecule has 0 aromatic rings. The topological polar surface area (TPSA) is 147 Å². The van der Waals surface area contributed by atoms with Gasteiger partial charge < -0.3 is 24.8 Å². The van der Waals surface area contributed by atoms with Crippen LogP contribution in [0.3, 0.4) is 0 Å². The minimum Gasteiger partial charge on any atom is -0.478 e. The minimum atomic E-state index is -1.27. The van der Waals surface area contributed by atoms with E-state index in [0.717, 1.165) is 5.57 Å². The van der Waals surface area contributed by atoms with E-state index < -0.39 is 76.3 Å². The fourth-order valence-corrected chi connectivity index (χ4v) is 9.88. The van der Waals surface area contributed by atoms with Gasteiger partial charge in [-0.05, 0) is 74.2 Å². The molecule has 0 amide bonds. The molecule has 9 nitrogen and oxygen atoms in total. The Balaban J connectivity index is 1.95. The molecule has 4 fully saturated rings. The molecule has 0 aliphatic heterocycles. The van der Waals surface area contributed by atoms with E-state index in [4.69, 9.17) is 9.47 Å². The number of carboxylic acid groups (broad SMARTS) is 1. The van der Waals surface area contributed by atoms with E-state index in [1.54, 1.807) is 0 Å². The van der Waals surface area contributed by atoms with Crippen molar-refractivity contribution in [1.82, 2.24) is 0 Å². The van der Waals surface area contributed by atoms with Gasteiger partial charge in [-0.15, -0.1) is 0 Å². The smallest absolute Gasteiger partial charge is 0.331 e. The highest BCUT2D eigenvalue weighted by Gasteiger charge is 2.76. The molecule has 0 unspecified atom stereocenters. The first-order valence-electron chi connectivity index (χ1n) is 15.2. The van der Waals surface area contributed by atoms with Gasteiger partial charge in [-0.25, -0.2) is 4.79 Å². The normalized spacial score (nSPS) is 43.8. The fourth-order valence-electron chi connectivity index (χ4n) is 9.88. The SMILES string of the molecule is CC(=O)O[C@@H]1[C@H]2[C@H](C)[C@H](O)CC[C@]2(C)[C@@H]2C(=O)C[C@H]3/C(=C(/CCC=C(C)C)C(=O)O)[C@@H](OC(C)=O)C[C@]3(C)[C@@]2(C)[C@H]1O. The van der Waals surface area contributed by atoms with E-state index in [2.05, 4.69) is 0 Å². The zero-order chi connectivity index (χ0) is 31.5. The van der Waals surface area contributed by atoms with Crippen molar-refractivity contribution in [3.8, 4) is 0 Å². The van der Waals surface area contributed by atoms with Crippen LogP contribution < -0.4 is 0 Å². The van der Waals surface area contributed by atoms with E-state index in [9.17, 15) is 34.5 Å². The van der Waals surface area contributed by atoms with Gasteiger partial charge in [0, 0.05) is 43.1 Å². The van der Waals surface area contributed by atoms with Crippen molar-refractivity contribution < 1.29 is 44.0 Å². The van der Waals surface area contributed by atoms with Gasteiger partial charge in [-0.2, -0.15) is 0 Å². The fraction of sp³-hybridized carbons (Fsp3) is 0.758. The number of carbonyl (C=O) groups is 4. The predicted molar refractivity (Wildman–Crippen MR) is 154 cm³/mol. The first kappa shape index (κ1) is 32.4. The third-order valence-corrected chi connectivity index (χ3v) is 11.7. The van der Waals surface area contributed by atoms with Gasteiger partial charge in [0.25, 0.3) is 0 Å². The van der Waals surface area contributed by atoms with Crippen LogP contribution in [-0.2, 0) is 28.7 Å². The molecule has 11 atom stereocenters. The highest BCUT2D eigenvalue weighted by molar-refractivity contribution is 5.90. The van der Waals surface area contributed by atoms with E-state index in [1.807, 2.05) is 47.6 Å². The molecule has 0 bridgehead atoms. The monoisotopic (exact) mass is 588 g/mol. The number of ether oxygens (including phenoxy) is 2. The number of rotatable bonds is 6. The lowest BCUT2D eigenvalue weighted by Crippen LogP contribution is -2.74. The maximum Gasteiger partial charge on any atom is 0.331 e. The summed E-state index contributed by atoms with van der Waals surface area (Å²) in [6, 6.07) is 0. The van der Waals surface area contributed by atoms with Crippen molar-refractivity contribution in [2.75, 3.05) is 0 Å². The molecule has 0 heterocycles. The van der Waals surface area contributed by atoms with Crippen LogP contribution in [0.2, 0.25) is 0 Å². The molecule has 4 rings (SSSR count). The lowest BCUT2D eigenvalue weighted by atomic mass is 9.35. The number of aliphatic carboxylic acids is 1. The number of esters is 2. The Bertz CT molecular complexity index is 1210. The summed E-state index contributed by atoms with van der Waals surface area (Å²) in [5.41, 5.74) is -1.07. The summed E-state index contributed by atoms with van der Waals surface area (Å²) in [7, 11) is 0. The third kappa shape index (κ3) is 4.84. The van der Waals surface area contributed by atoms with Crippen LogP contribution in [0.15, 0.2) is 22.8 Å². The first-order chi connectivity index (χ1) is 19.4. The van der Waals surface area contributed by atoms with Gasteiger partial charge in [0.2, 0.25) is 0 Å². The molecule has 0 aromatic heterocycles. The summed E-state index contributed by atoms with van der Waals surface area (Å²) in [6.45, 7) is 14.2. The molecule has 4 aliphatic carbocycles. The molecular weight excluding hydrogens is 540 g/mol. The van der Waals surface area contributed by atoms with Gasteiger partial charge in [0.1, 0.15) is 18.0 Å². The summed E-state index contributed by atoms with van der Waals surface area (Å²) in [5.74, 6) is -4.31. The van der Waals surface area contributed by atoms with Crippen LogP contribution in [0.25, 0.3) is 0 Å². The Kier molecular flexibility index (Phi) is 8.64. The summed E-state index contributed by atoms with van der Waals surface area (Å²) in [6.07, 6.45) is 0.161. The minimum absolute atomic E-state index is 0.0630. The van der Waals surface area contributed by atoms with Crippen molar-refractivity contribution in [2.45, 2.75) is 118 Å². The molecule has 0 radical (unpaired) electrons. The Labute approximate surface area is 248 Å². The number of allylic oxidation sites excluding steroid dienone is 2. The molecule has 0 aromatic carbocycles. The Hall–Kier alpha value is -2.52. The van der Waals surface area contributed by atoms with E-state index in [0.29, 0.717) is 24.8 Å². The number of fused-ring (bicyclic) bond motifs is 5. The van der Waals surface area contributed by atoms with Crippen LogP contribution in [-0.4, -0.2) is 63.4 Å². The summed E-state index contributed by atoms with van der Waals surface area (Å²) >= 11 is 0. The molecule has 0 spiro atoms. The van der Waals surface area contributed by atoms with Crippen molar-refractivity contribution in [2.24, 2.45) is 39.9 Å². The number of Topliss-reactive ketones (excluding diaryl/α,β-unsaturated/α-hetero) is 1. The zero-order valence-corrected chi connectivity index (χ0v) is 26.2. The van der Waals surface area contributed by atoms with Gasteiger partial charge in [0.05, 0.1) is 12.2 Å². The molecule has 9 heteroatoms. The Morgan fingerprint density at radius 3 is 2.19 bits per heavy atom. The van der Waals surface area contributed by atoms with Crippen LogP contribution in [0.5, 0.6) is 0 Å². The van der Waals surface area contributed by atoms with Crippen molar-refractivity contribution in [3.05, 3.63) is 22.8 Å². The standard InChI is InChI=1S/C33H48O9/c1-16(2)10-9-11-20(30(39)40)25-21-14-23(37)28-31(6)13-12-22(36)17(3)26(31)27(42-19(5)35)29(38)33(28,8)32(21,7)15-24(25)41-18(4)34/h10,17,21-22,24,26-29,36,38H,9,11-15H2,1-8H3,(H,39,40)/b25-20+/t17-,21+,22-,24+,26-,27-,28+,29+,31+,32+,33-/m1/s1. The highest BCUT2D eigenvalue weighted by atomic mass is 16.6. The number of carboxylic acids is 1. The number of aliphatic hydroxyl groups is 2. The first-order valence-corrected chi connectivity index (χ1v) is 15.2. The van der Waals surface area contributed by atoms with Crippen molar-refractivity contribution in [1.29, 1.82) is 0 Å². The van der Waals surface area contributed by atoms with E-state index in [-0.39, 0.29) is 36.5 Å². The lowest BCUT2D eigenvalue weighted by molar-refractivity contribution is -0.277. The molecule has 0 saturated heterocycles. The van der Waals surface area contributed by atoms with E-state index >= 15 is 0 Å². The average molecular weight is 589 g/mol. The predicted octanol–water partition coefficient (Wildman–Crippen LogP) is 4.39. The molecule has 3 N–H and O–H groups in total.